The predicted octanol–water partition coefficient (Wildman–Crippen LogP) is 5.31. The molecule has 0 aromatic heterocycles. The Morgan fingerprint density at radius 2 is 1.61 bits per heavy atom. The van der Waals surface area contributed by atoms with E-state index in [4.69, 9.17) is 0 Å². The number of hydrogen-bond acceptors (Lipinski definition) is 0. The van der Waals surface area contributed by atoms with Gasteiger partial charge in [-0.05, 0) is 17.6 Å². The average Bonchev–Trinajstić information content (AvgIpc) is 2.28. The molecule has 0 aliphatic heterocycles. The van der Waals surface area contributed by atoms with Crippen LogP contribution in [-0.4, -0.2) is 15.2 Å². The zero-order chi connectivity index (χ0) is 13.8. The zero-order valence-electron chi connectivity index (χ0n) is 12.5. The van der Waals surface area contributed by atoms with Crippen LogP contribution in [-0.2, 0) is 0 Å². The second-order valence-electron chi connectivity index (χ2n) is 6.50. The van der Waals surface area contributed by atoms with Crippen LogP contribution in [0.1, 0.15) is 12.0 Å². The summed E-state index contributed by atoms with van der Waals surface area (Å²) in [4.78, 5) is 0. The minimum atomic E-state index is -1.26. The first-order valence-electron chi connectivity index (χ1n) is 6.66. The molecule has 0 atom stereocenters. The van der Waals surface area contributed by atoms with Gasteiger partial charge in [0.05, 0.1) is 7.59 Å². The van der Waals surface area contributed by atoms with Crippen LogP contribution >= 0.6 is 0 Å². The van der Waals surface area contributed by atoms with E-state index in [2.05, 4.69) is 75.3 Å². The number of allylic oxidation sites excluding steroid dienone is 2. The van der Waals surface area contributed by atoms with Crippen LogP contribution in [0, 0.1) is 0 Å². The van der Waals surface area contributed by atoms with Crippen LogP contribution in [0.25, 0.3) is 5.57 Å². The summed E-state index contributed by atoms with van der Waals surface area (Å²) in [6.45, 7) is 16.4. The van der Waals surface area contributed by atoms with Crippen molar-refractivity contribution in [1.82, 2.24) is 0 Å². The maximum absolute atomic E-state index is 3.90. The van der Waals surface area contributed by atoms with Crippen molar-refractivity contribution in [3.8, 4) is 0 Å². The third-order valence-corrected chi connectivity index (χ3v) is 20.9. The molecule has 2 heteroatoms. The normalized spacial score (nSPS) is 13.5. The lowest BCUT2D eigenvalue weighted by atomic mass is 10.1. The Bertz CT molecular complexity index is 422. The molecular formula is C16H26Si2. The van der Waals surface area contributed by atoms with Crippen LogP contribution in [0.5, 0.6) is 0 Å². The lowest BCUT2D eigenvalue weighted by Crippen LogP contribution is -2.51. The summed E-state index contributed by atoms with van der Waals surface area (Å²) in [5.74, 6) is 0. The molecule has 98 valence electrons. The van der Waals surface area contributed by atoms with Gasteiger partial charge in [0.1, 0.15) is 0 Å². The van der Waals surface area contributed by atoms with E-state index < -0.39 is 15.2 Å². The van der Waals surface area contributed by atoms with Crippen LogP contribution in [0.2, 0.25) is 32.7 Å². The molecule has 18 heavy (non-hydrogen) atoms. The summed E-state index contributed by atoms with van der Waals surface area (Å²) in [7, 11) is -2.34. The Kier molecular flexibility index (Phi) is 4.94. The van der Waals surface area contributed by atoms with Crippen molar-refractivity contribution in [3.63, 3.8) is 0 Å². The number of benzene rings is 1. The van der Waals surface area contributed by atoms with Gasteiger partial charge in [0.2, 0.25) is 0 Å². The summed E-state index contributed by atoms with van der Waals surface area (Å²) >= 11 is 0. The number of hydrogen-bond donors (Lipinski definition) is 0. The van der Waals surface area contributed by atoms with Gasteiger partial charge in [0.25, 0.3) is 0 Å². The first kappa shape index (κ1) is 15.2. The first-order valence-corrected chi connectivity index (χ1v) is 14.2. The predicted molar refractivity (Wildman–Crippen MR) is 90.1 cm³/mol. The van der Waals surface area contributed by atoms with Crippen molar-refractivity contribution in [2.45, 2.75) is 39.2 Å². The smallest absolute Gasteiger partial charge is 0.0649 e. The zero-order valence-corrected chi connectivity index (χ0v) is 14.5. The number of rotatable bonds is 5. The molecule has 0 saturated carbocycles. The Balaban J connectivity index is 3.18. The SMILES string of the molecule is C=CC/C(=C/[Si](C)(C)[Si](C)(C)C)c1ccccc1. The molecule has 0 bridgehead atoms. The van der Waals surface area contributed by atoms with E-state index in [1.54, 1.807) is 0 Å². The van der Waals surface area contributed by atoms with Crippen molar-refractivity contribution < 1.29 is 0 Å². The Morgan fingerprint density at radius 3 is 2.06 bits per heavy atom. The van der Waals surface area contributed by atoms with Crippen molar-refractivity contribution in [3.05, 3.63) is 54.2 Å². The first-order chi connectivity index (χ1) is 8.28. The molecule has 0 unspecified atom stereocenters. The topological polar surface area (TPSA) is 0 Å². The lowest BCUT2D eigenvalue weighted by Gasteiger charge is -2.33. The van der Waals surface area contributed by atoms with Gasteiger partial charge in [-0.15, -0.1) is 6.58 Å². The molecule has 1 rings (SSSR count). The van der Waals surface area contributed by atoms with Crippen LogP contribution in [0.15, 0.2) is 48.7 Å². The molecule has 0 amide bonds. The van der Waals surface area contributed by atoms with E-state index in [0.717, 1.165) is 6.42 Å². The van der Waals surface area contributed by atoms with Gasteiger partial charge >= 0.3 is 0 Å². The van der Waals surface area contributed by atoms with Gasteiger partial charge in [-0.2, -0.15) is 0 Å². The molecule has 0 fully saturated rings. The fourth-order valence-corrected chi connectivity index (χ4v) is 5.13. The molecule has 0 heterocycles. The highest BCUT2D eigenvalue weighted by Crippen LogP contribution is 2.27. The van der Waals surface area contributed by atoms with Gasteiger partial charge in [0.15, 0.2) is 0 Å². The van der Waals surface area contributed by atoms with E-state index in [-0.39, 0.29) is 0 Å². The average molecular weight is 275 g/mol. The van der Waals surface area contributed by atoms with Gasteiger partial charge in [-0.1, -0.05) is 74.8 Å². The molecule has 0 spiro atoms. The second kappa shape index (κ2) is 5.85. The maximum Gasteiger partial charge on any atom is 0.0649 e. The summed E-state index contributed by atoms with van der Waals surface area (Å²) < 4.78 is 0. The quantitative estimate of drug-likeness (QED) is 0.504. The highest BCUT2D eigenvalue weighted by Gasteiger charge is 2.34. The molecular weight excluding hydrogens is 248 g/mol. The van der Waals surface area contributed by atoms with Crippen LogP contribution < -0.4 is 0 Å². The molecule has 0 saturated heterocycles. The summed E-state index contributed by atoms with van der Waals surface area (Å²) in [6.07, 6.45) is 3.00. The van der Waals surface area contributed by atoms with E-state index in [9.17, 15) is 0 Å². The highest BCUT2D eigenvalue weighted by atomic mass is 29.3. The standard InChI is InChI=1S/C16H26Si2/c1-7-11-16(15-12-9-8-10-13-15)14-18(5,6)17(2,3)4/h7-10,12-14H,1,11H2,2-6H3/b16-14-. The largest absolute Gasteiger partial charge is 0.103 e. The molecule has 0 nitrogen and oxygen atoms in total. The second-order valence-corrected chi connectivity index (χ2v) is 23.1. The summed E-state index contributed by atoms with van der Waals surface area (Å²) in [5, 5.41) is 0. The van der Waals surface area contributed by atoms with Gasteiger partial charge in [-0.25, -0.2) is 0 Å². The van der Waals surface area contributed by atoms with E-state index in [1.807, 2.05) is 6.08 Å². The molecule has 1 aromatic rings. The fourth-order valence-electron chi connectivity index (χ4n) is 1.72. The van der Waals surface area contributed by atoms with Crippen molar-refractivity contribution >= 4 is 20.8 Å². The minimum absolute atomic E-state index is 0.977. The van der Waals surface area contributed by atoms with Crippen molar-refractivity contribution in [1.29, 1.82) is 0 Å². The Hall–Kier alpha value is -0.866. The van der Waals surface area contributed by atoms with E-state index in [1.165, 1.54) is 11.1 Å². The lowest BCUT2D eigenvalue weighted by molar-refractivity contribution is 1.40. The molecule has 0 N–H and O–H groups in total. The third kappa shape index (κ3) is 3.82. The van der Waals surface area contributed by atoms with Gasteiger partial charge in [0, 0.05) is 7.59 Å². The molecule has 1 aromatic carbocycles. The van der Waals surface area contributed by atoms with Crippen LogP contribution in [0.3, 0.4) is 0 Å². The fraction of sp³-hybridized carbons (Fsp3) is 0.375. The maximum atomic E-state index is 3.90. The van der Waals surface area contributed by atoms with Crippen molar-refractivity contribution in [2.24, 2.45) is 0 Å². The van der Waals surface area contributed by atoms with Crippen molar-refractivity contribution in [2.75, 3.05) is 0 Å². The molecule has 0 aliphatic rings. The van der Waals surface area contributed by atoms with E-state index >= 15 is 0 Å². The monoisotopic (exact) mass is 274 g/mol. The summed E-state index contributed by atoms with van der Waals surface area (Å²) in [5.41, 5.74) is 5.43. The third-order valence-electron chi connectivity index (χ3n) is 3.98. The Labute approximate surface area is 114 Å². The van der Waals surface area contributed by atoms with Gasteiger partial charge < -0.3 is 0 Å². The molecule has 0 aliphatic carbocycles. The minimum Gasteiger partial charge on any atom is -0.103 e. The summed E-state index contributed by atoms with van der Waals surface area (Å²) in [6, 6.07) is 10.7. The van der Waals surface area contributed by atoms with Gasteiger partial charge in [-0.3, -0.25) is 0 Å². The van der Waals surface area contributed by atoms with Crippen LogP contribution in [0.4, 0.5) is 0 Å². The van der Waals surface area contributed by atoms with E-state index in [0.29, 0.717) is 0 Å². The molecule has 0 radical (unpaired) electrons. The Morgan fingerprint density at radius 1 is 1.06 bits per heavy atom. The highest BCUT2D eigenvalue weighted by molar-refractivity contribution is 7.42.